The van der Waals surface area contributed by atoms with Crippen molar-refractivity contribution in [3.8, 4) is 11.5 Å². The Bertz CT molecular complexity index is 1030. The summed E-state index contributed by atoms with van der Waals surface area (Å²) >= 11 is 0. The van der Waals surface area contributed by atoms with E-state index in [0.29, 0.717) is 11.5 Å². The minimum Gasteiger partial charge on any atom is -0.455 e. The Hall–Kier alpha value is -3.49. The maximum absolute atomic E-state index is 13.4. The first-order valence-corrected chi connectivity index (χ1v) is 9.20. The summed E-state index contributed by atoms with van der Waals surface area (Å²) in [5.74, 6) is 0.141. The first kappa shape index (κ1) is 18.9. The Balaban J connectivity index is 1.48. The molecule has 2 heterocycles. The Morgan fingerprint density at radius 3 is 2.76 bits per heavy atom. The van der Waals surface area contributed by atoms with E-state index in [1.165, 1.54) is 0 Å². The number of halogens is 2. The molecule has 1 aromatic heterocycles. The number of ether oxygens (including phenoxy) is 1. The molecule has 3 aromatic rings. The molecule has 7 nitrogen and oxygen atoms in total. The molecule has 150 valence electrons. The van der Waals surface area contributed by atoms with Gasteiger partial charge in [0.1, 0.15) is 29.0 Å². The smallest absolute Gasteiger partial charge is 0.319 e. The standard InChI is InChI=1S/C20H19F2N5O2/c1-12-23-19-17(6-4-8-27(19)26-12)25-20(28)24-16-5-2-3-7-18(16)29-15-10-13(21)9-14(22)11-15/h2-3,5,7,9-11,17H,4,6,8H2,1H3,(H2,24,25,28). The number of carbonyl (C=O) groups is 1. The van der Waals surface area contributed by atoms with Crippen LogP contribution in [0.4, 0.5) is 19.3 Å². The third-order valence-corrected chi connectivity index (χ3v) is 4.49. The number of benzene rings is 2. The van der Waals surface area contributed by atoms with Gasteiger partial charge in [-0.3, -0.25) is 0 Å². The van der Waals surface area contributed by atoms with Crippen LogP contribution in [-0.2, 0) is 6.54 Å². The van der Waals surface area contributed by atoms with E-state index in [-0.39, 0.29) is 17.5 Å². The number of anilines is 1. The number of para-hydroxylation sites is 2. The summed E-state index contributed by atoms with van der Waals surface area (Å²) in [6.45, 7) is 2.59. The molecule has 0 bridgehead atoms. The molecule has 2 aromatic carbocycles. The monoisotopic (exact) mass is 399 g/mol. The number of carbonyl (C=O) groups excluding carboxylic acids is 1. The summed E-state index contributed by atoms with van der Waals surface area (Å²) in [5, 5.41) is 9.94. The third-order valence-electron chi connectivity index (χ3n) is 4.49. The zero-order valence-electron chi connectivity index (χ0n) is 15.7. The first-order chi connectivity index (χ1) is 14.0. The van der Waals surface area contributed by atoms with E-state index in [4.69, 9.17) is 4.74 Å². The van der Waals surface area contributed by atoms with Crippen LogP contribution in [0, 0.1) is 18.6 Å². The average molecular weight is 399 g/mol. The maximum atomic E-state index is 13.4. The zero-order valence-corrected chi connectivity index (χ0v) is 15.7. The lowest BCUT2D eigenvalue weighted by atomic mass is 10.1. The van der Waals surface area contributed by atoms with E-state index in [1.807, 2.05) is 6.92 Å². The third kappa shape index (κ3) is 4.34. The summed E-state index contributed by atoms with van der Waals surface area (Å²) in [6, 6.07) is 8.84. The van der Waals surface area contributed by atoms with Gasteiger partial charge in [-0.05, 0) is 31.9 Å². The first-order valence-electron chi connectivity index (χ1n) is 9.20. The minimum atomic E-state index is -0.750. The second-order valence-electron chi connectivity index (χ2n) is 6.74. The fourth-order valence-corrected chi connectivity index (χ4v) is 3.30. The second-order valence-corrected chi connectivity index (χ2v) is 6.74. The largest absolute Gasteiger partial charge is 0.455 e. The number of rotatable bonds is 4. The Morgan fingerprint density at radius 1 is 1.21 bits per heavy atom. The number of amides is 2. The Morgan fingerprint density at radius 2 is 1.97 bits per heavy atom. The molecule has 2 amide bonds. The van der Waals surface area contributed by atoms with E-state index in [9.17, 15) is 13.6 Å². The predicted octanol–water partition coefficient (Wildman–Crippen LogP) is 4.31. The van der Waals surface area contributed by atoms with E-state index in [2.05, 4.69) is 20.7 Å². The van der Waals surface area contributed by atoms with Gasteiger partial charge in [0.25, 0.3) is 0 Å². The van der Waals surface area contributed by atoms with Crippen molar-refractivity contribution in [3.05, 3.63) is 65.7 Å². The molecule has 0 radical (unpaired) electrons. The van der Waals surface area contributed by atoms with Crippen molar-refractivity contribution < 1.29 is 18.3 Å². The fraction of sp³-hybridized carbons (Fsp3) is 0.250. The number of fused-ring (bicyclic) bond motifs is 1. The lowest BCUT2D eigenvalue weighted by Crippen LogP contribution is -2.36. The molecule has 0 saturated heterocycles. The number of aromatic nitrogens is 3. The summed E-state index contributed by atoms with van der Waals surface area (Å²) < 4.78 is 34.2. The Kier molecular flexibility index (Phi) is 5.11. The second kappa shape index (κ2) is 7.86. The molecule has 2 N–H and O–H groups in total. The number of urea groups is 1. The molecule has 0 saturated carbocycles. The summed E-state index contributed by atoms with van der Waals surface area (Å²) in [5.41, 5.74) is 0.364. The summed E-state index contributed by atoms with van der Waals surface area (Å²) in [7, 11) is 0. The topological polar surface area (TPSA) is 81.1 Å². The average Bonchev–Trinajstić information content (AvgIpc) is 3.04. The van der Waals surface area contributed by atoms with Crippen LogP contribution in [0.15, 0.2) is 42.5 Å². The highest BCUT2D eigenvalue weighted by molar-refractivity contribution is 5.91. The van der Waals surface area contributed by atoms with Crippen molar-refractivity contribution in [2.45, 2.75) is 32.4 Å². The highest BCUT2D eigenvalue weighted by atomic mass is 19.1. The summed E-state index contributed by atoms with van der Waals surface area (Å²) in [6.07, 6.45) is 1.64. The molecule has 1 atom stereocenters. The van der Waals surface area contributed by atoms with Gasteiger partial charge in [-0.25, -0.2) is 23.2 Å². The van der Waals surface area contributed by atoms with Gasteiger partial charge < -0.3 is 15.4 Å². The van der Waals surface area contributed by atoms with E-state index < -0.39 is 17.7 Å². The van der Waals surface area contributed by atoms with Crippen LogP contribution in [0.1, 0.15) is 30.5 Å². The maximum Gasteiger partial charge on any atom is 0.319 e. The molecule has 9 heteroatoms. The highest BCUT2D eigenvalue weighted by Gasteiger charge is 2.25. The van der Waals surface area contributed by atoms with Crippen LogP contribution in [0.25, 0.3) is 0 Å². The van der Waals surface area contributed by atoms with E-state index in [0.717, 1.165) is 43.4 Å². The van der Waals surface area contributed by atoms with Crippen LogP contribution in [0.5, 0.6) is 11.5 Å². The number of nitrogens with one attached hydrogen (secondary N) is 2. The van der Waals surface area contributed by atoms with Crippen molar-refractivity contribution in [1.29, 1.82) is 0 Å². The van der Waals surface area contributed by atoms with Crippen molar-refractivity contribution in [2.24, 2.45) is 0 Å². The normalized spacial score (nSPS) is 15.5. The van der Waals surface area contributed by atoms with Gasteiger partial charge in [-0.2, -0.15) is 5.10 Å². The number of nitrogens with zero attached hydrogens (tertiary/aromatic N) is 3. The van der Waals surface area contributed by atoms with Crippen LogP contribution < -0.4 is 15.4 Å². The molecular weight excluding hydrogens is 380 g/mol. The van der Waals surface area contributed by atoms with Crippen LogP contribution >= 0.6 is 0 Å². The van der Waals surface area contributed by atoms with Gasteiger partial charge in [0.05, 0.1) is 11.7 Å². The highest BCUT2D eigenvalue weighted by Crippen LogP contribution is 2.30. The number of hydrogen-bond donors (Lipinski definition) is 2. The number of aryl methyl sites for hydroxylation is 2. The molecule has 1 aliphatic rings. The molecule has 0 spiro atoms. The minimum absolute atomic E-state index is 0.00647. The van der Waals surface area contributed by atoms with Gasteiger partial charge in [0.2, 0.25) is 0 Å². The Labute approximate surface area is 165 Å². The molecule has 0 aliphatic carbocycles. The van der Waals surface area contributed by atoms with Gasteiger partial charge >= 0.3 is 6.03 Å². The lowest BCUT2D eigenvalue weighted by molar-refractivity contribution is 0.244. The predicted molar refractivity (Wildman–Crippen MR) is 102 cm³/mol. The van der Waals surface area contributed by atoms with Crippen molar-refractivity contribution in [2.75, 3.05) is 5.32 Å². The molecule has 0 fully saturated rings. The van der Waals surface area contributed by atoms with Crippen LogP contribution in [-0.4, -0.2) is 20.8 Å². The van der Waals surface area contributed by atoms with Crippen LogP contribution in [0.3, 0.4) is 0 Å². The van der Waals surface area contributed by atoms with E-state index >= 15 is 0 Å². The lowest BCUT2D eigenvalue weighted by Gasteiger charge is -2.23. The zero-order chi connectivity index (χ0) is 20.4. The number of hydrogen-bond acceptors (Lipinski definition) is 4. The molecule has 4 rings (SSSR count). The quantitative estimate of drug-likeness (QED) is 0.685. The van der Waals surface area contributed by atoms with Crippen molar-refractivity contribution in [1.82, 2.24) is 20.1 Å². The van der Waals surface area contributed by atoms with Gasteiger partial charge in [-0.1, -0.05) is 12.1 Å². The molecule has 1 unspecified atom stereocenters. The SMILES string of the molecule is Cc1nc2n(n1)CCCC2NC(=O)Nc1ccccc1Oc1cc(F)cc(F)c1. The van der Waals surface area contributed by atoms with Crippen molar-refractivity contribution >= 4 is 11.7 Å². The van der Waals surface area contributed by atoms with Gasteiger partial charge in [-0.15, -0.1) is 0 Å². The molecule has 1 aliphatic heterocycles. The van der Waals surface area contributed by atoms with Crippen molar-refractivity contribution in [3.63, 3.8) is 0 Å². The summed E-state index contributed by atoms with van der Waals surface area (Å²) in [4.78, 5) is 17.0. The molecular formula is C20H19F2N5O2. The fourth-order valence-electron chi connectivity index (χ4n) is 3.30. The van der Waals surface area contributed by atoms with Crippen LogP contribution in [0.2, 0.25) is 0 Å². The van der Waals surface area contributed by atoms with E-state index in [1.54, 1.807) is 28.9 Å². The van der Waals surface area contributed by atoms with Gasteiger partial charge in [0, 0.05) is 24.7 Å². The van der Waals surface area contributed by atoms with Gasteiger partial charge in [0.15, 0.2) is 5.75 Å². The molecule has 29 heavy (non-hydrogen) atoms.